The van der Waals surface area contributed by atoms with Gasteiger partial charge in [-0.3, -0.25) is 4.98 Å². The largest absolute Gasteiger partial charge is 0.263 e. The number of nitrogens with zero attached hydrogens (tertiary/aromatic N) is 4. The molecule has 0 amide bonds. The van der Waals surface area contributed by atoms with E-state index in [0.29, 0.717) is 0 Å². The molecule has 16 heavy (non-hydrogen) atoms. The topological polar surface area (TPSA) is 43.6 Å². The second-order valence-electron chi connectivity index (χ2n) is 3.39. The molecule has 84 valence electrons. The molecule has 2 heterocycles. The van der Waals surface area contributed by atoms with Crippen molar-refractivity contribution in [2.24, 2.45) is 0 Å². The minimum Gasteiger partial charge on any atom is -0.263 e. The fourth-order valence-corrected chi connectivity index (χ4v) is 1.92. The SMILES string of the molecule is CCc1nc(CC)n(-c2ccncc2Br)n1. The van der Waals surface area contributed by atoms with Crippen molar-refractivity contribution in [1.29, 1.82) is 0 Å². The summed E-state index contributed by atoms with van der Waals surface area (Å²) in [5, 5.41) is 4.48. The third kappa shape index (κ3) is 2.00. The number of aryl methyl sites for hydroxylation is 2. The van der Waals surface area contributed by atoms with E-state index in [2.05, 4.69) is 44.8 Å². The third-order valence-electron chi connectivity index (χ3n) is 2.33. The molecule has 0 saturated heterocycles. The standard InChI is InChI=1S/C11H13BrN4/c1-3-10-14-11(4-2)16(15-10)9-5-6-13-7-8(9)12/h5-7H,3-4H2,1-2H3. The lowest BCUT2D eigenvalue weighted by Crippen LogP contribution is -2.03. The van der Waals surface area contributed by atoms with Crippen molar-refractivity contribution in [3.8, 4) is 5.69 Å². The maximum absolute atomic E-state index is 4.48. The highest BCUT2D eigenvalue weighted by Crippen LogP contribution is 2.20. The Kier molecular flexibility index (Phi) is 3.33. The summed E-state index contributed by atoms with van der Waals surface area (Å²) in [5.74, 6) is 1.85. The van der Waals surface area contributed by atoms with E-state index in [1.54, 1.807) is 12.4 Å². The first kappa shape index (κ1) is 11.3. The van der Waals surface area contributed by atoms with Crippen LogP contribution in [0.2, 0.25) is 0 Å². The quantitative estimate of drug-likeness (QED) is 0.868. The highest BCUT2D eigenvalue weighted by molar-refractivity contribution is 9.10. The number of hydrogen-bond donors (Lipinski definition) is 0. The van der Waals surface area contributed by atoms with Crippen LogP contribution < -0.4 is 0 Å². The lowest BCUT2D eigenvalue weighted by molar-refractivity contribution is 0.786. The van der Waals surface area contributed by atoms with E-state index < -0.39 is 0 Å². The van der Waals surface area contributed by atoms with Crippen molar-refractivity contribution in [2.75, 3.05) is 0 Å². The molecule has 0 saturated carbocycles. The van der Waals surface area contributed by atoms with Crippen LogP contribution in [0.3, 0.4) is 0 Å². The van der Waals surface area contributed by atoms with Crippen LogP contribution in [0.25, 0.3) is 5.69 Å². The van der Waals surface area contributed by atoms with Crippen molar-refractivity contribution < 1.29 is 0 Å². The van der Waals surface area contributed by atoms with E-state index >= 15 is 0 Å². The Morgan fingerprint density at radius 3 is 2.75 bits per heavy atom. The van der Waals surface area contributed by atoms with Gasteiger partial charge in [-0.15, -0.1) is 0 Å². The highest BCUT2D eigenvalue weighted by Gasteiger charge is 2.11. The molecule has 0 spiro atoms. The molecule has 4 nitrogen and oxygen atoms in total. The van der Waals surface area contributed by atoms with Crippen LogP contribution in [-0.2, 0) is 12.8 Å². The summed E-state index contributed by atoms with van der Waals surface area (Å²) >= 11 is 3.48. The molecule has 0 aliphatic rings. The van der Waals surface area contributed by atoms with Gasteiger partial charge in [0.15, 0.2) is 5.82 Å². The normalized spacial score (nSPS) is 10.7. The van der Waals surface area contributed by atoms with Gasteiger partial charge in [-0.05, 0) is 22.0 Å². The van der Waals surface area contributed by atoms with Gasteiger partial charge in [-0.25, -0.2) is 9.67 Å². The summed E-state index contributed by atoms with van der Waals surface area (Å²) in [6.07, 6.45) is 5.24. The first-order chi connectivity index (χ1) is 7.76. The van der Waals surface area contributed by atoms with Gasteiger partial charge in [0.2, 0.25) is 0 Å². The summed E-state index contributed by atoms with van der Waals surface area (Å²) in [5.41, 5.74) is 0.985. The molecule has 0 aliphatic heterocycles. The molecule has 5 heteroatoms. The lowest BCUT2D eigenvalue weighted by Gasteiger charge is -2.05. The zero-order valence-corrected chi connectivity index (χ0v) is 10.9. The second-order valence-corrected chi connectivity index (χ2v) is 4.24. The number of hydrogen-bond acceptors (Lipinski definition) is 3. The monoisotopic (exact) mass is 280 g/mol. The van der Waals surface area contributed by atoms with Gasteiger partial charge in [0.25, 0.3) is 0 Å². The fraction of sp³-hybridized carbons (Fsp3) is 0.364. The minimum atomic E-state index is 0.850. The van der Waals surface area contributed by atoms with E-state index in [9.17, 15) is 0 Å². The Labute approximate surface area is 103 Å². The van der Waals surface area contributed by atoms with Gasteiger partial charge in [-0.1, -0.05) is 13.8 Å². The van der Waals surface area contributed by atoms with Crippen LogP contribution in [-0.4, -0.2) is 19.7 Å². The van der Waals surface area contributed by atoms with E-state index in [4.69, 9.17) is 0 Å². The molecule has 2 aromatic heterocycles. The van der Waals surface area contributed by atoms with Crippen molar-refractivity contribution in [1.82, 2.24) is 19.7 Å². The lowest BCUT2D eigenvalue weighted by atomic mass is 10.4. The average molecular weight is 281 g/mol. The molecule has 2 aromatic rings. The van der Waals surface area contributed by atoms with Crippen molar-refractivity contribution >= 4 is 15.9 Å². The number of halogens is 1. The number of pyridine rings is 1. The molecule has 0 radical (unpaired) electrons. The molecular formula is C11H13BrN4. The zero-order valence-electron chi connectivity index (χ0n) is 9.31. The van der Waals surface area contributed by atoms with Gasteiger partial charge < -0.3 is 0 Å². The summed E-state index contributed by atoms with van der Waals surface area (Å²) in [6.45, 7) is 4.13. The summed E-state index contributed by atoms with van der Waals surface area (Å²) in [7, 11) is 0. The average Bonchev–Trinajstić information content (AvgIpc) is 2.72. The van der Waals surface area contributed by atoms with E-state index in [0.717, 1.165) is 34.7 Å². The van der Waals surface area contributed by atoms with Gasteiger partial charge >= 0.3 is 0 Å². The predicted octanol–water partition coefficient (Wildman–Crippen LogP) is 2.55. The Morgan fingerprint density at radius 1 is 1.31 bits per heavy atom. The maximum atomic E-state index is 4.48. The Morgan fingerprint density at radius 2 is 2.12 bits per heavy atom. The van der Waals surface area contributed by atoms with Gasteiger partial charge in [0, 0.05) is 25.2 Å². The number of aromatic nitrogens is 4. The first-order valence-corrected chi connectivity index (χ1v) is 6.10. The van der Waals surface area contributed by atoms with Crippen LogP contribution in [0.15, 0.2) is 22.9 Å². The molecule has 0 fully saturated rings. The summed E-state index contributed by atoms with van der Waals surface area (Å²) in [6, 6.07) is 1.93. The molecular weight excluding hydrogens is 268 g/mol. The molecule has 2 rings (SSSR count). The van der Waals surface area contributed by atoms with Crippen molar-refractivity contribution in [3.63, 3.8) is 0 Å². The van der Waals surface area contributed by atoms with Gasteiger partial charge in [0.1, 0.15) is 5.82 Å². The molecule has 0 aliphatic carbocycles. The first-order valence-electron chi connectivity index (χ1n) is 5.31. The molecule has 0 aromatic carbocycles. The van der Waals surface area contributed by atoms with Crippen molar-refractivity contribution in [2.45, 2.75) is 26.7 Å². The highest BCUT2D eigenvalue weighted by atomic mass is 79.9. The Hall–Kier alpha value is -1.23. The molecule has 0 atom stereocenters. The molecule has 0 bridgehead atoms. The third-order valence-corrected chi connectivity index (χ3v) is 2.94. The van der Waals surface area contributed by atoms with Gasteiger partial charge in [-0.2, -0.15) is 5.10 Å². The smallest absolute Gasteiger partial charge is 0.151 e. The van der Waals surface area contributed by atoms with Crippen LogP contribution >= 0.6 is 15.9 Å². The zero-order chi connectivity index (χ0) is 11.5. The van der Waals surface area contributed by atoms with E-state index in [-0.39, 0.29) is 0 Å². The minimum absolute atomic E-state index is 0.850. The van der Waals surface area contributed by atoms with Crippen molar-refractivity contribution in [3.05, 3.63) is 34.6 Å². The predicted molar refractivity (Wildman–Crippen MR) is 65.6 cm³/mol. The van der Waals surface area contributed by atoms with Gasteiger partial charge in [0.05, 0.1) is 10.2 Å². The Bertz CT molecular complexity index is 492. The van der Waals surface area contributed by atoms with E-state index in [1.807, 2.05) is 10.7 Å². The number of rotatable bonds is 3. The van der Waals surface area contributed by atoms with Crippen LogP contribution in [0.1, 0.15) is 25.5 Å². The maximum Gasteiger partial charge on any atom is 0.151 e. The van der Waals surface area contributed by atoms with Crippen LogP contribution in [0.4, 0.5) is 0 Å². The summed E-state index contributed by atoms with van der Waals surface area (Å²) in [4.78, 5) is 8.52. The Balaban J connectivity index is 2.54. The molecule has 0 N–H and O–H groups in total. The van der Waals surface area contributed by atoms with E-state index in [1.165, 1.54) is 0 Å². The molecule has 0 unspecified atom stereocenters. The summed E-state index contributed by atoms with van der Waals surface area (Å²) < 4.78 is 2.81. The van der Waals surface area contributed by atoms with Crippen LogP contribution in [0, 0.1) is 0 Å². The fourth-order valence-electron chi connectivity index (χ4n) is 1.50. The van der Waals surface area contributed by atoms with Crippen LogP contribution in [0.5, 0.6) is 0 Å². The second kappa shape index (κ2) is 4.74.